The summed E-state index contributed by atoms with van der Waals surface area (Å²) in [6.45, 7) is 0. The van der Waals surface area contributed by atoms with Gasteiger partial charge in [0.15, 0.2) is 0 Å². The molecular formula is C69H47N3. The van der Waals surface area contributed by atoms with Gasteiger partial charge in [-0.2, -0.15) is 0 Å². The second-order valence-corrected chi connectivity index (χ2v) is 18.0. The quantitative estimate of drug-likeness (QED) is 0.130. The smallest absolute Gasteiger partial charge is 0.0702 e. The highest BCUT2D eigenvalue weighted by molar-refractivity contribution is 5.94. The lowest BCUT2D eigenvalue weighted by Gasteiger charge is -2.18. The first kappa shape index (κ1) is 43.7. The number of hydrogen-bond acceptors (Lipinski definition) is 3. The van der Waals surface area contributed by atoms with Gasteiger partial charge in [0, 0.05) is 52.0 Å². The van der Waals surface area contributed by atoms with Gasteiger partial charge in [0.2, 0.25) is 0 Å². The minimum atomic E-state index is 0.933. The second kappa shape index (κ2) is 19.8. The fourth-order valence-corrected chi connectivity index (χ4v) is 9.76. The molecule has 9 aromatic carbocycles. The van der Waals surface area contributed by atoms with Crippen LogP contribution in [0.25, 0.3) is 123 Å². The van der Waals surface area contributed by atoms with Crippen molar-refractivity contribution in [3.05, 3.63) is 286 Å². The molecule has 0 aliphatic carbocycles. The van der Waals surface area contributed by atoms with E-state index in [4.69, 9.17) is 15.0 Å². The van der Waals surface area contributed by atoms with Crippen molar-refractivity contribution in [3.63, 3.8) is 0 Å². The maximum Gasteiger partial charge on any atom is 0.0702 e. The Labute approximate surface area is 421 Å². The molecule has 0 spiro atoms. The summed E-state index contributed by atoms with van der Waals surface area (Å²) in [6, 6.07) is 94.6. The second-order valence-electron chi connectivity index (χ2n) is 18.0. The first-order chi connectivity index (χ1) is 35.7. The van der Waals surface area contributed by atoms with E-state index in [9.17, 15) is 0 Å². The molecule has 0 aliphatic heterocycles. The number of nitrogens with zero attached hydrogens (tertiary/aromatic N) is 3. The molecular weight excluding hydrogens is 871 g/mol. The van der Waals surface area contributed by atoms with Crippen molar-refractivity contribution in [3.8, 4) is 123 Å². The summed E-state index contributed by atoms with van der Waals surface area (Å²) in [5, 5.41) is 0. The number of rotatable bonds is 11. The van der Waals surface area contributed by atoms with Crippen molar-refractivity contribution in [2.45, 2.75) is 0 Å². The van der Waals surface area contributed by atoms with Gasteiger partial charge in [-0.25, -0.2) is 0 Å². The lowest BCUT2D eigenvalue weighted by molar-refractivity contribution is 1.32. The molecule has 0 N–H and O–H groups in total. The van der Waals surface area contributed by atoms with Crippen LogP contribution in [0.15, 0.2) is 286 Å². The number of hydrogen-bond donors (Lipinski definition) is 0. The van der Waals surface area contributed by atoms with Crippen LogP contribution in [0, 0.1) is 0 Å². The molecule has 3 heteroatoms. The largest absolute Gasteiger partial charge is 0.256 e. The number of aromatic nitrogens is 3. The summed E-state index contributed by atoms with van der Waals surface area (Å²) in [5.74, 6) is 0. The summed E-state index contributed by atoms with van der Waals surface area (Å²) < 4.78 is 0. The van der Waals surface area contributed by atoms with Gasteiger partial charge in [0.1, 0.15) is 0 Å². The Hall–Kier alpha value is -9.57. The third-order valence-corrected chi connectivity index (χ3v) is 13.5. The molecule has 3 aromatic heterocycles. The van der Waals surface area contributed by atoms with Crippen LogP contribution >= 0.6 is 0 Å². The fraction of sp³-hybridized carbons (Fsp3) is 0. The zero-order valence-electron chi connectivity index (χ0n) is 39.5. The Morgan fingerprint density at radius 1 is 0.153 bits per heavy atom. The molecule has 0 unspecified atom stereocenters. The normalized spacial score (nSPS) is 11.1. The van der Waals surface area contributed by atoms with E-state index in [1.165, 1.54) is 22.3 Å². The monoisotopic (exact) mass is 917 g/mol. The standard InChI is InChI=1S/C69H47N3/c1-4-16-48(17-5-1)50-28-32-53(33-29-50)68-40-37-56(46-71-68)62-23-11-14-26-65(62)59-42-58(64-25-13-10-22-61(64)55-36-39-67(70-45-55)52-20-8-3-9-21-52)43-60(44-59)66-27-15-12-24-63(66)57-38-41-69(72-47-57)54-34-30-51(31-35-54)49-18-6-2-7-19-49/h1-47H. The van der Waals surface area contributed by atoms with Crippen LogP contribution in [-0.2, 0) is 0 Å². The molecule has 0 saturated carbocycles. The lowest BCUT2D eigenvalue weighted by Crippen LogP contribution is -1.93. The Balaban J connectivity index is 0.937. The zero-order valence-corrected chi connectivity index (χ0v) is 39.5. The van der Waals surface area contributed by atoms with Gasteiger partial charge in [0.25, 0.3) is 0 Å². The minimum Gasteiger partial charge on any atom is -0.256 e. The van der Waals surface area contributed by atoms with Crippen LogP contribution in [0.2, 0.25) is 0 Å². The van der Waals surface area contributed by atoms with Crippen molar-refractivity contribution in [1.29, 1.82) is 0 Å². The molecule has 0 amide bonds. The van der Waals surface area contributed by atoms with Crippen LogP contribution in [0.5, 0.6) is 0 Å². The maximum atomic E-state index is 5.04. The van der Waals surface area contributed by atoms with Crippen molar-refractivity contribution < 1.29 is 0 Å². The van der Waals surface area contributed by atoms with Gasteiger partial charge >= 0.3 is 0 Å². The highest BCUT2D eigenvalue weighted by Gasteiger charge is 2.17. The number of pyridine rings is 3. The van der Waals surface area contributed by atoms with E-state index < -0.39 is 0 Å². The SMILES string of the molecule is c1ccc(-c2ccc(-c3ccc(-c4ccccc4-c4cc(-c5ccccc5-c5ccc(-c6ccccc6)nc5)cc(-c5ccccc5-c5ccc(-c6ccc(-c7ccccc7)cc6)nc5)c4)cn3)cc2)cc1. The summed E-state index contributed by atoms with van der Waals surface area (Å²) in [5.41, 5.74) is 24.0. The van der Waals surface area contributed by atoms with Crippen LogP contribution in [0.4, 0.5) is 0 Å². The molecule has 72 heavy (non-hydrogen) atoms. The van der Waals surface area contributed by atoms with E-state index in [1.807, 2.05) is 36.8 Å². The Kier molecular flexibility index (Phi) is 12.0. The van der Waals surface area contributed by atoms with Gasteiger partial charge in [-0.05, 0) is 109 Å². The Bertz CT molecular complexity index is 3590. The fourth-order valence-electron chi connectivity index (χ4n) is 9.76. The first-order valence-corrected chi connectivity index (χ1v) is 24.4. The van der Waals surface area contributed by atoms with E-state index in [-0.39, 0.29) is 0 Å². The number of benzene rings is 9. The molecule has 0 radical (unpaired) electrons. The van der Waals surface area contributed by atoms with Gasteiger partial charge < -0.3 is 0 Å². The van der Waals surface area contributed by atoms with Crippen LogP contribution in [-0.4, -0.2) is 15.0 Å². The van der Waals surface area contributed by atoms with E-state index >= 15 is 0 Å². The molecule has 0 saturated heterocycles. The third kappa shape index (κ3) is 9.07. The van der Waals surface area contributed by atoms with E-state index in [0.717, 1.165) is 101 Å². The highest BCUT2D eigenvalue weighted by atomic mass is 14.7. The average molecular weight is 918 g/mol. The molecule has 0 aliphatic rings. The molecule has 0 fully saturated rings. The van der Waals surface area contributed by atoms with Crippen LogP contribution < -0.4 is 0 Å². The predicted molar refractivity (Wildman–Crippen MR) is 300 cm³/mol. The Morgan fingerprint density at radius 3 is 0.639 bits per heavy atom. The molecule has 338 valence electrons. The van der Waals surface area contributed by atoms with Crippen molar-refractivity contribution in [1.82, 2.24) is 15.0 Å². The lowest BCUT2D eigenvalue weighted by atomic mass is 9.86. The van der Waals surface area contributed by atoms with Crippen LogP contribution in [0.1, 0.15) is 0 Å². The third-order valence-electron chi connectivity index (χ3n) is 13.5. The molecule has 0 bridgehead atoms. The van der Waals surface area contributed by atoms with Crippen LogP contribution in [0.3, 0.4) is 0 Å². The van der Waals surface area contributed by atoms with Crippen molar-refractivity contribution in [2.24, 2.45) is 0 Å². The van der Waals surface area contributed by atoms with Gasteiger partial charge in [-0.3, -0.25) is 15.0 Å². The van der Waals surface area contributed by atoms with E-state index in [0.29, 0.717) is 0 Å². The van der Waals surface area contributed by atoms with E-state index in [1.54, 1.807) is 0 Å². The highest BCUT2D eigenvalue weighted by Crippen LogP contribution is 2.42. The van der Waals surface area contributed by atoms with Gasteiger partial charge in [0.05, 0.1) is 17.1 Å². The zero-order chi connectivity index (χ0) is 48.1. The molecule has 0 atom stereocenters. The minimum absolute atomic E-state index is 0.933. The first-order valence-electron chi connectivity index (χ1n) is 24.4. The Morgan fingerprint density at radius 2 is 0.361 bits per heavy atom. The van der Waals surface area contributed by atoms with Crippen molar-refractivity contribution in [2.75, 3.05) is 0 Å². The van der Waals surface area contributed by atoms with Gasteiger partial charge in [-0.15, -0.1) is 0 Å². The van der Waals surface area contributed by atoms with E-state index in [2.05, 4.69) is 249 Å². The molecule has 3 nitrogen and oxygen atoms in total. The maximum absolute atomic E-state index is 5.04. The average Bonchev–Trinajstić information content (AvgIpc) is 3.48. The summed E-state index contributed by atoms with van der Waals surface area (Å²) in [7, 11) is 0. The van der Waals surface area contributed by atoms with Crippen molar-refractivity contribution >= 4 is 0 Å². The summed E-state index contributed by atoms with van der Waals surface area (Å²) in [6.07, 6.45) is 6.02. The topological polar surface area (TPSA) is 38.7 Å². The molecule has 12 rings (SSSR count). The predicted octanol–water partition coefficient (Wildman–Crippen LogP) is 18.2. The molecule has 12 aromatic rings. The van der Waals surface area contributed by atoms with Gasteiger partial charge in [-0.1, -0.05) is 231 Å². The summed E-state index contributed by atoms with van der Waals surface area (Å²) >= 11 is 0. The summed E-state index contributed by atoms with van der Waals surface area (Å²) in [4.78, 5) is 15.0. The molecule has 3 heterocycles.